The van der Waals surface area contributed by atoms with E-state index in [0.29, 0.717) is 0 Å². The molecular formula is C19H29N3O3. The minimum absolute atomic E-state index is 0.0233. The molecule has 0 N–H and O–H groups in total. The zero-order valence-electron chi connectivity index (χ0n) is 15.5. The molecule has 25 heavy (non-hydrogen) atoms. The summed E-state index contributed by atoms with van der Waals surface area (Å²) in [5, 5.41) is 0. The molecule has 6 nitrogen and oxygen atoms in total. The summed E-state index contributed by atoms with van der Waals surface area (Å²) in [6.45, 7) is 9.57. The van der Waals surface area contributed by atoms with Gasteiger partial charge >= 0.3 is 6.09 Å². The van der Waals surface area contributed by atoms with Gasteiger partial charge in [-0.1, -0.05) is 6.07 Å². The van der Waals surface area contributed by atoms with Crippen LogP contribution < -0.4 is 4.90 Å². The van der Waals surface area contributed by atoms with E-state index in [1.807, 2.05) is 37.9 Å². The maximum atomic E-state index is 12.7. The molecule has 0 aliphatic carbocycles. The summed E-state index contributed by atoms with van der Waals surface area (Å²) >= 11 is 0. The van der Waals surface area contributed by atoms with Gasteiger partial charge in [-0.15, -0.1) is 0 Å². The Morgan fingerprint density at radius 2 is 2.00 bits per heavy atom. The molecule has 1 aromatic rings. The minimum atomic E-state index is -0.485. The molecule has 3 heterocycles. The van der Waals surface area contributed by atoms with Gasteiger partial charge in [0.15, 0.2) is 0 Å². The summed E-state index contributed by atoms with van der Waals surface area (Å²) in [7, 11) is 0. The van der Waals surface area contributed by atoms with E-state index in [-0.39, 0.29) is 12.1 Å². The molecule has 2 fully saturated rings. The Morgan fingerprint density at radius 3 is 2.72 bits per heavy atom. The number of piperidine rings is 1. The third kappa shape index (κ3) is 4.42. The van der Waals surface area contributed by atoms with E-state index in [9.17, 15) is 4.79 Å². The van der Waals surface area contributed by atoms with Crippen LogP contribution in [-0.2, 0) is 9.47 Å². The van der Waals surface area contributed by atoms with E-state index in [1.165, 1.54) is 0 Å². The molecule has 2 aliphatic rings. The second kappa shape index (κ2) is 7.60. The van der Waals surface area contributed by atoms with Gasteiger partial charge in [0.1, 0.15) is 11.4 Å². The Morgan fingerprint density at radius 1 is 1.24 bits per heavy atom. The van der Waals surface area contributed by atoms with Crippen molar-refractivity contribution in [1.82, 2.24) is 9.88 Å². The number of ether oxygens (including phenoxy) is 2. The van der Waals surface area contributed by atoms with E-state index in [1.54, 1.807) is 0 Å². The minimum Gasteiger partial charge on any atom is -0.444 e. The van der Waals surface area contributed by atoms with Crippen molar-refractivity contribution >= 4 is 11.9 Å². The van der Waals surface area contributed by atoms with Crippen molar-refractivity contribution in [3.05, 3.63) is 23.9 Å². The molecule has 1 atom stereocenters. The Hall–Kier alpha value is -1.82. The van der Waals surface area contributed by atoms with Gasteiger partial charge < -0.3 is 19.3 Å². The van der Waals surface area contributed by atoms with Gasteiger partial charge in [0.25, 0.3) is 0 Å². The van der Waals surface area contributed by atoms with E-state index in [4.69, 9.17) is 9.47 Å². The van der Waals surface area contributed by atoms with Crippen LogP contribution in [0.25, 0.3) is 0 Å². The summed E-state index contributed by atoms with van der Waals surface area (Å²) in [5.41, 5.74) is 0.635. The highest BCUT2D eigenvalue weighted by Gasteiger charge is 2.33. The summed E-state index contributed by atoms with van der Waals surface area (Å²) in [6, 6.07) is 4.09. The Kier molecular flexibility index (Phi) is 5.47. The van der Waals surface area contributed by atoms with Crippen molar-refractivity contribution in [1.29, 1.82) is 0 Å². The van der Waals surface area contributed by atoms with Crippen LogP contribution >= 0.6 is 0 Å². The van der Waals surface area contributed by atoms with Gasteiger partial charge in [-0.25, -0.2) is 9.78 Å². The molecular weight excluding hydrogens is 318 g/mol. The lowest BCUT2D eigenvalue weighted by Gasteiger charge is -2.39. The lowest BCUT2D eigenvalue weighted by molar-refractivity contribution is 0.00950. The number of amides is 1. The first kappa shape index (κ1) is 18.0. The normalized spacial score (nSPS) is 22.0. The highest BCUT2D eigenvalue weighted by atomic mass is 16.6. The molecule has 1 amide bonds. The van der Waals surface area contributed by atoms with Crippen LogP contribution in [0.15, 0.2) is 18.3 Å². The van der Waals surface area contributed by atoms with Crippen molar-refractivity contribution in [2.45, 2.75) is 51.7 Å². The molecule has 0 aromatic carbocycles. The molecule has 138 valence electrons. The molecule has 2 aliphatic heterocycles. The number of rotatable bonds is 2. The zero-order valence-corrected chi connectivity index (χ0v) is 15.5. The number of pyridine rings is 1. The van der Waals surface area contributed by atoms with Crippen molar-refractivity contribution in [2.75, 3.05) is 37.7 Å². The van der Waals surface area contributed by atoms with E-state index >= 15 is 0 Å². The number of hydrogen-bond donors (Lipinski definition) is 0. The standard InChI is InChI=1S/C19H29N3O3/c1-19(2,3)25-18(23)22-10-5-4-8-16(22)15-7-6-9-20-17(15)21-11-13-24-14-12-21/h6-7,9,16H,4-5,8,10-14H2,1-3H3/t16-/m0/s1. The molecule has 0 unspecified atom stereocenters. The van der Waals surface area contributed by atoms with Gasteiger partial charge in [0, 0.05) is 31.4 Å². The SMILES string of the molecule is CC(C)(C)OC(=O)N1CCCC[C@H]1c1cccnc1N1CCOCC1. The summed E-state index contributed by atoms with van der Waals surface area (Å²) in [6.07, 6.45) is 4.68. The number of carbonyl (C=O) groups is 1. The van der Waals surface area contributed by atoms with E-state index < -0.39 is 5.60 Å². The predicted octanol–water partition coefficient (Wildman–Crippen LogP) is 3.38. The van der Waals surface area contributed by atoms with Crippen molar-refractivity contribution in [3.8, 4) is 0 Å². The topological polar surface area (TPSA) is 54.9 Å². The third-order valence-electron chi connectivity index (χ3n) is 4.62. The van der Waals surface area contributed by atoms with Gasteiger partial charge in [-0.2, -0.15) is 0 Å². The van der Waals surface area contributed by atoms with Crippen molar-refractivity contribution in [3.63, 3.8) is 0 Å². The molecule has 2 saturated heterocycles. The van der Waals surface area contributed by atoms with Crippen LogP contribution in [0.5, 0.6) is 0 Å². The predicted molar refractivity (Wildman–Crippen MR) is 96.8 cm³/mol. The third-order valence-corrected chi connectivity index (χ3v) is 4.62. The second-order valence-corrected chi connectivity index (χ2v) is 7.70. The molecule has 6 heteroatoms. The number of nitrogens with zero attached hydrogens (tertiary/aromatic N) is 3. The van der Waals surface area contributed by atoms with E-state index in [0.717, 1.165) is 63.5 Å². The summed E-state index contributed by atoms with van der Waals surface area (Å²) in [5.74, 6) is 0.978. The first-order valence-corrected chi connectivity index (χ1v) is 9.23. The molecule has 3 rings (SSSR count). The lowest BCUT2D eigenvalue weighted by Crippen LogP contribution is -2.43. The molecule has 0 radical (unpaired) electrons. The average Bonchev–Trinajstić information content (AvgIpc) is 2.61. The van der Waals surface area contributed by atoms with Gasteiger partial charge in [0.05, 0.1) is 19.3 Å². The number of likely N-dealkylation sites (tertiary alicyclic amines) is 1. The van der Waals surface area contributed by atoms with E-state index in [2.05, 4.69) is 16.0 Å². The quantitative estimate of drug-likeness (QED) is 0.821. The number of aromatic nitrogens is 1. The highest BCUT2D eigenvalue weighted by Crippen LogP contribution is 2.36. The molecule has 0 bridgehead atoms. The fourth-order valence-electron chi connectivity index (χ4n) is 3.50. The maximum Gasteiger partial charge on any atom is 0.410 e. The Labute approximate surface area is 150 Å². The smallest absolute Gasteiger partial charge is 0.410 e. The summed E-state index contributed by atoms with van der Waals surface area (Å²) in [4.78, 5) is 21.5. The van der Waals surface area contributed by atoms with Crippen LogP contribution in [0.4, 0.5) is 10.6 Å². The Bertz CT molecular complexity index is 594. The fourth-order valence-corrected chi connectivity index (χ4v) is 3.50. The highest BCUT2D eigenvalue weighted by molar-refractivity contribution is 5.69. The number of morpholine rings is 1. The average molecular weight is 347 g/mol. The first-order valence-electron chi connectivity index (χ1n) is 9.23. The molecule has 1 aromatic heterocycles. The van der Waals surface area contributed by atoms with Crippen molar-refractivity contribution < 1.29 is 14.3 Å². The molecule has 0 saturated carbocycles. The van der Waals surface area contributed by atoms with Crippen LogP contribution in [-0.4, -0.2) is 54.4 Å². The zero-order chi connectivity index (χ0) is 17.9. The van der Waals surface area contributed by atoms with Crippen LogP contribution in [0.1, 0.15) is 51.6 Å². The maximum absolute atomic E-state index is 12.7. The van der Waals surface area contributed by atoms with Crippen LogP contribution in [0.3, 0.4) is 0 Å². The van der Waals surface area contributed by atoms with Crippen molar-refractivity contribution in [2.24, 2.45) is 0 Å². The number of anilines is 1. The first-order chi connectivity index (χ1) is 12.0. The molecule has 0 spiro atoms. The second-order valence-electron chi connectivity index (χ2n) is 7.70. The van der Waals surface area contributed by atoms with Gasteiger partial charge in [-0.3, -0.25) is 0 Å². The lowest BCUT2D eigenvalue weighted by atomic mass is 9.95. The monoisotopic (exact) mass is 347 g/mol. The number of hydrogen-bond acceptors (Lipinski definition) is 5. The van der Waals surface area contributed by atoms with Gasteiger partial charge in [0.2, 0.25) is 0 Å². The largest absolute Gasteiger partial charge is 0.444 e. The number of carbonyl (C=O) groups excluding carboxylic acids is 1. The Balaban J connectivity index is 1.86. The summed E-state index contributed by atoms with van der Waals surface area (Å²) < 4.78 is 11.1. The van der Waals surface area contributed by atoms with Crippen LogP contribution in [0.2, 0.25) is 0 Å². The van der Waals surface area contributed by atoms with Gasteiger partial charge in [-0.05, 0) is 46.1 Å². The van der Waals surface area contributed by atoms with Crippen LogP contribution in [0, 0.1) is 0 Å². The fraction of sp³-hybridized carbons (Fsp3) is 0.684.